The zero-order valence-corrected chi connectivity index (χ0v) is 15.3. The first-order valence-corrected chi connectivity index (χ1v) is 9.56. The number of nitrogens with one attached hydrogen (secondary N) is 1. The Morgan fingerprint density at radius 2 is 1.91 bits per heavy atom. The van der Waals surface area contributed by atoms with Gasteiger partial charge in [0.15, 0.2) is 5.13 Å². The van der Waals surface area contributed by atoms with E-state index in [1.54, 1.807) is 6.92 Å². The number of anilines is 2. The molecule has 0 aliphatic rings. The number of aryl methyl sites for hydroxylation is 3. The van der Waals surface area contributed by atoms with Crippen LogP contribution >= 0.6 is 11.3 Å². The lowest BCUT2D eigenvalue weighted by Crippen LogP contribution is -2.24. The number of aromatic nitrogens is 1. The molecular formula is C15H19N3O3S2. The van der Waals surface area contributed by atoms with E-state index >= 15 is 0 Å². The number of carbonyl (C=O) groups excluding carboxylic acids is 1. The molecule has 0 unspecified atom stereocenters. The molecule has 0 saturated carbocycles. The number of nitrogens with zero attached hydrogens (tertiary/aromatic N) is 2. The Morgan fingerprint density at radius 3 is 2.48 bits per heavy atom. The summed E-state index contributed by atoms with van der Waals surface area (Å²) in [6.07, 6.45) is 1.10. The van der Waals surface area contributed by atoms with Crippen LogP contribution in [-0.2, 0) is 10.0 Å². The topological polar surface area (TPSA) is 79.4 Å². The number of sulfonamides is 1. The van der Waals surface area contributed by atoms with Crippen LogP contribution in [0.3, 0.4) is 0 Å². The molecule has 1 heterocycles. The van der Waals surface area contributed by atoms with Gasteiger partial charge in [-0.25, -0.2) is 17.7 Å². The van der Waals surface area contributed by atoms with Gasteiger partial charge in [-0.3, -0.25) is 4.79 Å². The summed E-state index contributed by atoms with van der Waals surface area (Å²) >= 11 is 1.05. The molecule has 0 fully saturated rings. The van der Waals surface area contributed by atoms with E-state index in [9.17, 15) is 13.2 Å². The summed E-state index contributed by atoms with van der Waals surface area (Å²) in [6, 6.07) is 5.76. The van der Waals surface area contributed by atoms with Gasteiger partial charge in [-0.2, -0.15) is 0 Å². The van der Waals surface area contributed by atoms with Crippen LogP contribution in [0.2, 0.25) is 0 Å². The molecule has 124 valence electrons. The van der Waals surface area contributed by atoms with Crippen LogP contribution in [0.4, 0.5) is 10.8 Å². The Balaban J connectivity index is 2.28. The second-order valence-corrected chi connectivity index (χ2v) is 8.41. The van der Waals surface area contributed by atoms with E-state index in [0.717, 1.165) is 38.7 Å². The Labute approximate surface area is 140 Å². The lowest BCUT2D eigenvalue weighted by molar-refractivity contribution is 0.102. The van der Waals surface area contributed by atoms with Gasteiger partial charge in [-0.05, 0) is 32.4 Å². The van der Waals surface area contributed by atoms with Crippen molar-refractivity contribution in [3.63, 3.8) is 0 Å². The maximum Gasteiger partial charge on any atom is 0.267 e. The second-order valence-electron chi connectivity index (χ2n) is 5.41. The first-order chi connectivity index (χ1) is 10.6. The van der Waals surface area contributed by atoms with Crippen molar-refractivity contribution < 1.29 is 13.2 Å². The fourth-order valence-corrected chi connectivity index (χ4v) is 3.68. The Bertz CT molecular complexity index is 857. The molecule has 0 aliphatic heterocycles. The molecular weight excluding hydrogens is 334 g/mol. The summed E-state index contributed by atoms with van der Waals surface area (Å²) in [4.78, 5) is 17.0. The Hall–Kier alpha value is -1.93. The Kier molecular flexibility index (Phi) is 4.76. The summed E-state index contributed by atoms with van der Waals surface area (Å²) < 4.78 is 24.2. The van der Waals surface area contributed by atoms with E-state index in [4.69, 9.17) is 0 Å². The van der Waals surface area contributed by atoms with Crippen LogP contribution in [0.15, 0.2) is 18.2 Å². The van der Waals surface area contributed by atoms with Crippen molar-refractivity contribution in [2.24, 2.45) is 0 Å². The quantitative estimate of drug-likeness (QED) is 0.916. The highest BCUT2D eigenvalue weighted by Crippen LogP contribution is 2.28. The average molecular weight is 353 g/mol. The van der Waals surface area contributed by atoms with Crippen LogP contribution in [-0.4, -0.2) is 32.6 Å². The molecule has 2 rings (SSSR count). The predicted molar refractivity (Wildman–Crippen MR) is 94.0 cm³/mol. The zero-order chi connectivity index (χ0) is 17.4. The molecule has 1 amide bonds. The highest BCUT2D eigenvalue weighted by atomic mass is 32.2. The van der Waals surface area contributed by atoms with Crippen molar-refractivity contribution >= 4 is 38.1 Å². The van der Waals surface area contributed by atoms with E-state index in [1.807, 2.05) is 32.0 Å². The maximum atomic E-state index is 12.4. The van der Waals surface area contributed by atoms with Gasteiger partial charge >= 0.3 is 0 Å². The minimum atomic E-state index is -3.41. The highest BCUT2D eigenvalue weighted by molar-refractivity contribution is 7.92. The van der Waals surface area contributed by atoms with Gasteiger partial charge < -0.3 is 5.32 Å². The van der Waals surface area contributed by atoms with Crippen LogP contribution in [0, 0.1) is 20.8 Å². The van der Waals surface area contributed by atoms with Gasteiger partial charge in [-0.1, -0.05) is 29.0 Å². The second kappa shape index (κ2) is 6.29. The number of hydrogen-bond donors (Lipinski definition) is 1. The fourth-order valence-electron chi connectivity index (χ4n) is 2.00. The molecule has 8 heteroatoms. The van der Waals surface area contributed by atoms with Crippen LogP contribution in [0.5, 0.6) is 0 Å². The molecule has 0 atom stereocenters. The first kappa shape index (κ1) is 17.4. The van der Waals surface area contributed by atoms with Gasteiger partial charge in [0.25, 0.3) is 5.91 Å². The number of benzene rings is 1. The van der Waals surface area contributed by atoms with E-state index in [-0.39, 0.29) is 11.0 Å². The molecule has 1 N–H and O–H groups in total. The maximum absolute atomic E-state index is 12.4. The average Bonchev–Trinajstić information content (AvgIpc) is 2.82. The summed E-state index contributed by atoms with van der Waals surface area (Å²) in [5, 5.41) is 3.12. The number of hydrogen-bond acceptors (Lipinski definition) is 5. The van der Waals surface area contributed by atoms with Crippen molar-refractivity contribution in [2.75, 3.05) is 22.9 Å². The first-order valence-electron chi connectivity index (χ1n) is 6.89. The van der Waals surface area contributed by atoms with E-state index < -0.39 is 10.0 Å². The molecule has 2 aromatic rings. The molecule has 1 aromatic carbocycles. The molecule has 6 nitrogen and oxygen atoms in total. The predicted octanol–water partition coefficient (Wildman–Crippen LogP) is 2.72. The lowest BCUT2D eigenvalue weighted by atomic mass is 10.1. The molecule has 1 aromatic heterocycles. The van der Waals surface area contributed by atoms with Gasteiger partial charge in [0.2, 0.25) is 10.0 Å². The van der Waals surface area contributed by atoms with Gasteiger partial charge in [0.1, 0.15) is 4.88 Å². The van der Waals surface area contributed by atoms with Crippen molar-refractivity contribution in [2.45, 2.75) is 20.8 Å². The third-order valence-corrected chi connectivity index (χ3v) is 5.90. The molecule has 0 saturated heterocycles. The highest BCUT2D eigenvalue weighted by Gasteiger charge is 2.21. The summed E-state index contributed by atoms with van der Waals surface area (Å²) in [6.45, 7) is 5.59. The van der Waals surface area contributed by atoms with E-state index in [2.05, 4.69) is 10.3 Å². The smallest absolute Gasteiger partial charge is 0.267 e. The van der Waals surface area contributed by atoms with Gasteiger partial charge in [-0.15, -0.1) is 0 Å². The van der Waals surface area contributed by atoms with Crippen LogP contribution < -0.4 is 9.62 Å². The van der Waals surface area contributed by atoms with Crippen molar-refractivity contribution in [1.82, 2.24) is 4.98 Å². The Morgan fingerprint density at radius 1 is 1.26 bits per heavy atom. The summed E-state index contributed by atoms with van der Waals surface area (Å²) in [5.74, 6) is -0.292. The number of rotatable bonds is 4. The zero-order valence-electron chi connectivity index (χ0n) is 13.7. The fraction of sp³-hybridized carbons (Fsp3) is 0.333. The molecule has 0 bridgehead atoms. The minimum absolute atomic E-state index is 0.274. The van der Waals surface area contributed by atoms with Crippen LogP contribution in [0.1, 0.15) is 26.5 Å². The third kappa shape index (κ3) is 3.89. The molecule has 0 aliphatic carbocycles. The third-order valence-electron chi connectivity index (χ3n) is 3.39. The number of carbonyl (C=O) groups is 1. The lowest BCUT2D eigenvalue weighted by Gasteiger charge is -2.11. The largest absolute Gasteiger partial charge is 0.321 e. The SMILES string of the molecule is Cc1ccc(NC(=O)c2sc(N(C)S(C)(=O)=O)nc2C)c(C)c1. The summed E-state index contributed by atoms with van der Waals surface area (Å²) in [5.41, 5.74) is 3.31. The van der Waals surface area contributed by atoms with Gasteiger partial charge in [0.05, 0.1) is 11.9 Å². The monoisotopic (exact) mass is 353 g/mol. The van der Waals surface area contributed by atoms with Crippen molar-refractivity contribution in [1.29, 1.82) is 0 Å². The molecule has 0 radical (unpaired) electrons. The molecule has 0 spiro atoms. The number of amides is 1. The molecule has 23 heavy (non-hydrogen) atoms. The van der Waals surface area contributed by atoms with Crippen LogP contribution in [0.25, 0.3) is 0 Å². The van der Waals surface area contributed by atoms with Crippen molar-refractivity contribution in [3.8, 4) is 0 Å². The van der Waals surface area contributed by atoms with E-state index in [0.29, 0.717) is 10.6 Å². The van der Waals surface area contributed by atoms with Gasteiger partial charge in [0, 0.05) is 12.7 Å². The minimum Gasteiger partial charge on any atom is -0.321 e. The normalized spacial score (nSPS) is 11.3. The van der Waals surface area contributed by atoms with Crippen molar-refractivity contribution in [3.05, 3.63) is 39.9 Å². The number of thiazole rings is 1. The standard InChI is InChI=1S/C15H19N3O3S2/c1-9-6-7-12(10(2)8-9)17-14(19)13-11(3)16-15(22-13)18(4)23(5,20)21/h6-8H,1-5H3,(H,17,19). The summed E-state index contributed by atoms with van der Waals surface area (Å²) in [7, 11) is -1.99. The van der Waals surface area contributed by atoms with E-state index in [1.165, 1.54) is 7.05 Å².